The molecular formula is C14H28N2O3. The van der Waals surface area contributed by atoms with Crippen LogP contribution in [0.25, 0.3) is 0 Å². The van der Waals surface area contributed by atoms with E-state index in [1.54, 1.807) is 0 Å². The van der Waals surface area contributed by atoms with Crippen LogP contribution in [0.4, 0.5) is 0 Å². The minimum absolute atomic E-state index is 0.0422. The number of hydrogen-bond acceptors (Lipinski definition) is 3. The van der Waals surface area contributed by atoms with Crippen molar-refractivity contribution >= 4 is 11.9 Å². The number of carboxylic acids is 1. The van der Waals surface area contributed by atoms with Gasteiger partial charge in [0, 0.05) is 13.0 Å². The quantitative estimate of drug-likeness (QED) is 0.596. The Bertz CT molecular complexity index is 299. The average Bonchev–Trinajstić information content (AvgIpc) is 2.33. The minimum Gasteiger partial charge on any atom is -0.481 e. The van der Waals surface area contributed by atoms with E-state index in [0.29, 0.717) is 25.3 Å². The topological polar surface area (TPSA) is 92.4 Å². The standard InChI is InChI=1S/C14H28N2O3/c1-5-14(15,6-2)13(19)16-9-11(7-10(3)4)8-12(17)18/h10-11H,5-9,15H2,1-4H3,(H,16,19)(H,17,18)/t11-/m0/s1. The molecule has 0 unspecified atom stereocenters. The van der Waals surface area contributed by atoms with Gasteiger partial charge in [-0.15, -0.1) is 0 Å². The van der Waals surface area contributed by atoms with Crippen molar-refractivity contribution in [2.75, 3.05) is 6.54 Å². The van der Waals surface area contributed by atoms with Crippen LogP contribution < -0.4 is 11.1 Å². The minimum atomic E-state index is -0.842. The van der Waals surface area contributed by atoms with Crippen LogP contribution in [0.2, 0.25) is 0 Å². The summed E-state index contributed by atoms with van der Waals surface area (Å²) >= 11 is 0. The van der Waals surface area contributed by atoms with Crippen LogP contribution in [0.5, 0.6) is 0 Å². The fourth-order valence-electron chi connectivity index (χ4n) is 2.14. The van der Waals surface area contributed by atoms with E-state index in [4.69, 9.17) is 10.8 Å². The summed E-state index contributed by atoms with van der Waals surface area (Å²) in [4.78, 5) is 22.8. The lowest BCUT2D eigenvalue weighted by Crippen LogP contribution is -2.54. The Hall–Kier alpha value is -1.10. The van der Waals surface area contributed by atoms with E-state index in [2.05, 4.69) is 5.32 Å². The van der Waals surface area contributed by atoms with Crippen molar-refractivity contribution in [2.24, 2.45) is 17.6 Å². The lowest BCUT2D eigenvalue weighted by molar-refractivity contribution is -0.138. The molecule has 112 valence electrons. The van der Waals surface area contributed by atoms with Crippen molar-refractivity contribution in [1.82, 2.24) is 5.32 Å². The van der Waals surface area contributed by atoms with E-state index < -0.39 is 11.5 Å². The molecule has 0 aliphatic heterocycles. The third kappa shape index (κ3) is 6.57. The van der Waals surface area contributed by atoms with E-state index >= 15 is 0 Å². The largest absolute Gasteiger partial charge is 0.481 e. The summed E-state index contributed by atoms with van der Waals surface area (Å²) in [5.74, 6) is -0.651. The summed E-state index contributed by atoms with van der Waals surface area (Å²) in [7, 11) is 0. The molecule has 0 aliphatic carbocycles. The van der Waals surface area contributed by atoms with Gasteiger partial charge in [0.1, 0.15) is 0 Å². The fourth-order valence-corrected chi connectivity index (χ4v) is 2.14. The normalized spacial score (nSPS) is 13.4. The van der Waals surface area contributed by atoms with E-state index in [1.165, 1.54) is 0 Å². The molecule has 0 bridgehead atoms. The predicted octanol–water partition coefficient (Wildman–Crippen LogP) is 1.76. The first-order valence-electron chi connectivity index (χ1n) is 7.04. The number of carboxylic acid groups (broad SMARTS) is 1. The first-order valence-corrected chi connectivity index (χ1v) is 7.04. The third-order valence-electron chi connectivity index (χ3n) is 3.53. The molecule has 1 amide bonds. The number of rotatable bonds is 9. The molecular weight excluding hydrogens is 244 g/mol. The smallest absolute Gasteiger partial charge is 0.303 e. The van der Waals surface area contributed by atoms with Crippen LogP contribution in [0, 0.1) is 11.8 Å². The molecule has 19 heavy (non-hydrogen) atoms. The van der Waals surface area contributed by atoms with Crippen LogP contribution in [0.3, 0.4) is 0 Å². The molecule has 0 aromatic rings. The SMILES string of the molecule is CCC(N)(CC)C(=O)NC[C@H](CC(=O)O)CC(C)C. The number of carbonyl (C=O) groups is 2. The molecule has 0 heterocycles. The van der Waals surface area contributed by atoms with E-state index in [9.17, 15) is 9.59 Å². The third-order valence-corrected chi connectivity index (χ3v) is 3.53. The maximum Gasteiger partial charge on any atom is 0.303 e. The lowest BCUT2D eigenvalue weighted by Gasteiger charge is -2.27. The van der Waals surface area contributed by atoms with Gasteiger partial charge in [0.05, 0.1) is 5.54 Å². The molecule has 0 spiro atoms. The highest BCUT2D eigenvalue weighted by Gasteiger charge is 2.30. The van der Waals surface area contributed by atoms with E-state index in [-0.39, 0.29) is 18.2 Å². The molecule has 1 atom stereocenters. The van der Waals surface area contributed by atoms with Crippen LogP contribution in [-0.2, 0) is 9.59 Å². The van der Waals surface area contributed by atoms with Gasteiger partial charge < -0.3 is 16.2 Å². The van der Waals surface area contributed by atoms with Crippen molar-refractivity contribution < 1.29 is 14.7 Å². The van der Waals surface area contributed by atoms with Gasteiger partial charge in [-0.1, -0.05) is 27.7 Å². The second kappa shape index (κ2) is 8.15. The number of hydrogen-bond donors (Lipinski definition) is 3. The number of amides is 1. The summed E-state index contributed by atoms with van der Waals surface area (Å²) in [6.45, 7) is 8.23. The zero-order valence-electron chi connectivity index (χ0n) is 12.5. The van der Waals surface area contributed by atoms with Crippen LogP contribution in [-0.4, -0.2) is 29.1 Å². The lowest BCUT2D eigenvalue weighted by atomic mass is 9.91. The zero-order valence-corrected chi connectivity index (χ0v) is 12.5. The molecule has 0 saturated heterocycles. The number of nitrogens with two attached hydrogens (primary N) is 1. The summed E-state index contributed by atoms with van der Waals surface area (Å²) in [5.41, 5.74) is 5.16. The molecule has 0 fully saturated rings. The molecule has 0 rings (SSSR count). The molecule has 4 N–H and O–H groups in total. The van der Waals surface area contributed by atoms with Crippen molar-refractivity contribution in [2.45, 2.75) is 58.9 Å². The summed E-state index contributed by atoms with van der Waals surface area (Å²) in [6, 6.07) is 0. The first-order chi connectivity index (χ1) is 8.75. The Morgan fingerprint density at radius 3 is 2.16 bits per heavy atom. The van der Waals surface area contributed by atoms with Crippen molar-refractivity contribution in [3.8, 4) is 0 Å². The van der Waals surface area contributed by atoms with Crippen LogP contribution in [0.1, 0.15) is 53.4 Å². The van der Waals surface area contributed by atoms with E-state index in [0.717, 1.165) is 6.42 Å². The second-order valence-corrected chi connectivity index (χ2v) is 5.67. The van der Waals surface area contributed by atoms with Gasteiger partial charge in [-0.25, -0.2) is 0 Å². The van der Waals surface area contributed by atoms with E-state index in [1.807, 2.05) is 27.7 Å². The summed E-state index contributed by atoms with van der Waals surface area (Å²) in [6.07, 6.45) is 2.00. The van der Waals surface area contributed by atoms with Gasteiger partial charge >= 0.3 is 5.97 Å². The predicted molar refractivity (Wildman–Crippen MR) is 75.7 cm³/mol. The molecule has 0 radical (unpaired) electrons. The van der Waals surface area contributed by atoms with Gasteiger partial charge in [0.2, 0.25) is 5.91 Å². The van der Waals surface area contributed by atoms with Crippen LogP contribution >= 0.6 is 0 Å². The highest BCUT2D eigenvalue weighted by Crippen LogP contribution is 2.16. The molecule has 0 aromatic heterocycles. The number of nitrogens with one attached hydrogen (secondary N) is 1. The van der Waals surface area contributed by atoms with Gasteiger partial charge in [-0.3, -0.25) is 9.59 Å². The molecule has 0 aliphatic rings. The van der Waals surface area contributed by atoms with Gasteiger partial charge in [0.15, 0.2) is 0 Å². The van der Waals surface area contributed by atoms with Crippen molar-refractivity contribution in [1.29, 1.82) is 0 Å². The highest BCUT2D eigenvalue weighted by molar-refractivity contribution is 5.85. The summed E-state index contributed by atoms with van der Waals surface area (Å²) in [5, 5.41) is 11.7. The zero-order chi connectivity index (χ0) is 15.1. The van der Waals surface area contributed by atoms with Gasteiger partial charge in [0.25, 0.3) is 0 Å². The van der Waals surface area contributed by atoms with Crippen LogP contribution in [0.15, 0.2) is 0 Å². The Kier molecular flexibility index (Phi) is 7.68. The molecule has 5 heteroatoms. The Morgan fingerprint density at radius 1 is 1.26 bits per heavy atom. The van der Waals surface area contributed by atoms with Crippen molar-refractivity contribution in [3.05, 3.63) is 0 Å². The molecule has 5 nitrogen and oxygen atoms in total. The highest BCUT2D eigenvalue weighted by atomic mass is 16.4. The Labute approximate surface area is 115 Å². The monoisotopic (exact) mass is 272 g/mol. The molecule has 0 aromatic carbocycles. The fraction of sp³-hybridized carbons (Fsp3) is 0.857. The van der Waals surface area contributed by atoms with Crippen molar-refractivity contribution in [3.63, 3.8) is 0 Å². The maximum absolute atomic E-state index is 12.0. The summed E-state index contributed by atoms with van der Waals surface area (Å²) < 4.78 is 0. The first kappa shape index (κ1) is 17.9. The Balaban J connectivity index is 4.45. The van der Waals surface area contributed by atoms with Gasteiger partial charge in [-0.2, -0.15) is 0 Å². The number of carbonyl (C=O) groups excluding carboxylic acids is 1. The maximum atomic E-state index is 12.0. The Morgan fingerprint density at radius 2 is 1.79 bits per heavy atom. The number of aliphatic carboxylic acids is 1. The van der Waals surface area contributed by atoms with Gasteiger partial charge in [-0.05, 0) is 31.1 Å². The second-order valence-electron chi connectivity index (χ2n) is 5.67. The average molecular weight is 272 g/mol. The molecule has 0 saturated carbocycles.